The Bertz CT molecular complexity index is 474. The highest BCUT2D eigenvalue weighted by Crippen LogP contribution is 2.29. The van der Waals surface area contributed by atoms with Crippen LogP contribution < -0.4 is 5.32 Å². The number of hydrogen-bond donors (Lipinski definition) is 2. The second kappa shape index (κ2) is 7.45. The van der Waals surface area contributed by atoms with Gasteiger partial charge in [-0.3, -0.25) is 4.79 Å². The maximum Gasteiger partial charge on any atom is 0.416 e. The van der Waals surface area contributed by atoms with E-state index < -0.39 is 23.8 Å². The summed E-state index contributed by atoms with van der Waals surface area (Å²) in [5, 5.41) is 12.3. The van der Waals surface area contributed by atoms with Crippen LogP contribution >= 0.6 is 0 Å². The number of aliphatic hydroxyl groups is 1. The molecular weight excluding hydrogens is 283 g/mol. The molecule has 0 spiro atoms. The van der Waals surface area contributed by atoms with E-state index >= 15 is 0 Å². The van der Waals surface area contributed by atoms with Gasteiger partial charge in [-0.25, -0.2) is 0 Å². The maximum atomic E-state index is 12.6. The lowest BCUT2D eigenvalue weighted by atomic mass is 10.0. The van der Waals surface area contributed by atoms with E-state index in [1.165, 1.54) is 12.1 Å². The summed E-state index contributed by atoms with van der Waals surface area (Å²) >= 11 is 0. The van der Waals surface area contributed by atoms with Gasteiger partial charge in [0.05, 0.1) is 18.1 Å². The number of rotatable bonds is 6. The van der Waals surface area contributed by atoms with E-state index in [4.69, 9.17) is 0 Å². The first kappa shape index (κ1) is 17.5. The maximum absolute atomic E-state index is 12.6. The van der Waals surface area contributed by atoms with Crippen molar-refractivity contribution in [3.63, 3.8) is 0 Å². The van der Waals surface area contributed by atoms with Crippen molar-refractivity contribution in [1.29, 1.82) is 0 Å². The van der Waals surface area contributed by atoms with E-state index in [-0.39, 0.29) is 18.9 Å². The summed E-state index contributed by atoms with van der Waals surface area (Å²) in [7, 11) is 0. The van der Waals surface area contributed by atoms with Crippen LogP contribution in [0.4, 0.5) is 13.2 Å². The quantitative estimate of drug-likeness (QED) is 0.849. The highest BCUT2D eigenvalue weighted by Gasteiger charge is 2.30. The van der Waals surface area contributed by atoms with Crippen molar-refractivity contribution in [3.8, 4) is 0 Å². The van der Waals surface area contributed by atoms with Crippen molar-refractivity contribution in [2.24, 2.45) is 5.92 Å². The number of carbonyl (C=O) groups excluding carboxylic acids is 1. The van der Waals surface area contributed by atoms with Crippen molar-refractivity contribution in [2.45, 2.75) is 39.0 Å². The van der Waals surface area contributed by atoms with Crippen molar-refractivity contribution in [3.05, 3.63) is 35.4 Å². The third-order valence-electron chi connectivity index (χ3n) is 3.43. The molecule has 0 saturated heterocycles. The van der Waals surface area contributed by atoms with E-state index in [1.54, 1.807) is 0 Å². The molecule has 0 fully saturated rings. The summed E-state index contributed by atoms with van der Waals surface area (Å²) in [5.74, 6) is -0.351. The molecule has 21 heavy (non-hydrogen) atoms. The largest absolute Gasteiger partial charge is 0.416 e. The number of carbonyl (C=O) groups is 1. The van der Waals surface area contributed by atoms with Gasteiger partial charge in [0, 0.05) is 6.54 Å². The number of aliphatic hydroxyl groups excluding tert-OH is 1. The molecule has 3 nitrogen and oxygen atoms in total. The van der Waals surface area contributed by atoms with Crippen LogP contribution in [0.1, 0.15) is 31.4 Å². The Kier molecular flexibility index (Phi) is 6.20. The van der Waals surface area contributed by atoms with Crippen molar-refractivity contribution >= 4 is 5.91 Å². The zero-order valence-corrected chi connectivity index (χ0v) is 12.1. The number of halogens is 3. The summed E-state index contributed by atoms with van der Waals surface area (Å²) in [6, 6.07) is 4.68. The Balaban J connectivity index is 2.56. The fourth-order valence-electron chi connectivity index (χ4n) is 1.80. The predicted molar refractivity (Wildman–Crippen MR) is 73.6 cm³/mol. The second-order valence-electron chi connectivity index (χ2n) is 5.13. The molecule has 2 unspecified atom stereocenters. The van der Waals surface area contributed by atoms with Crippen LogP contribution in [-0.2, 0) is 17.4 Å². The summed E-state index contributed by atoms with van der Waals surface area (Å²) in [5.41, 5.74) is -0.479. The minimum atomic E-state index is -4.42. The van der Waals surface area contributed by atoms with Gasteiger partial charge in [-0.1, -0.05) is 38.5 Å². The molecular formula is C15H20F3NO2. The molecule has 0 radical (unpaired) electrons. The van der Waals surface area contributed by atoms with Crippen molar-refractivity contribution in [1.82, 2.24) is 5.32 Å². The van der Waals surface area contributed by atoms with Gasteiger partial charge >= 0.3 is 6.18 Å². The van der Waals surface area contributed by atoms with Gasteiger partial charge in [0.2, 0.25) is 5.91 Å². The SMILES string of the molecule is CCC(C)C(O)CNC(=O)Cc1cccc(C(F)(F)F)c1. The molecule has 6 heteroatoms. The molecule has 0 aromatic heterocycles. The van der Waals surface area contributed by atoms with E-state index in [9.17, 15) is 23.1 Å². The van der Waals surface area contributed by atoms with E-state index in [0.29, 0.717) is 5.56 Å². The number of alkyl halides is 3. The third-order valence-corrected chi connectivity index (χ3v) is 3.43. The van der Waals surface area contributed by atoms with E-state index in [0.717, 1.165) is 18.6 Å². The Morgan fingerprint density at radius 1 is 1.38 bits per heavy atom. The topological polar surface area (TPSA) is 49.3 Å². The number of nitrogens with one attached hydrogen (secondary N) is 1. The molecule has 1 amide bonds. The molecule has 0 aliphatic rings. The Labute approximate surface area is 122 Å². The van der Waals surface area contributed by atoms with Crippen molar-refractivity contribution in [2.75, 3.05) is 6.54 Å². The fourth-order valence-corrected chi connectivity index (χ4v) is 1.80. The van der Waals surface area contributed by atoms with E-state index in [2.05, 4.69) is 5.32 Å². The molecule has 1 rings (SSSR count). The van der Waals surface area contributed by atoms with Crippen LogP contribution in [0, 0.1) is 5.92 Å². The molecule has 0 aliphatic heterocycles. The minimum Gasteiger partial charge on any atom is -0.391 e. The summed E-state index contributed by atoms with van der Waals surface area (Å²) in [6.07, 6.45) is -4.43. The molecule has 0 aliphatic carbocycles. The molecule has 0 heterocycles. The normalized spacial score (nSPS) is 14.6. The summed E-state index contributed by atoms with van der Waals surface area (Å²) in [4.78, 5) is 11.7. The van der Waals surface area contributed by atoms with Crippen LogP contribution in [0.25, 0.3) is 0 Å². The van der Waals surface area contributed by atoms with E-state index in [1.807, 2.05) is 13.8 Å². The lowest BCUT2D eigenvalue weighted by Crippen LogP contribution is -2.36. The molecule has 2 N–H and O–H groups in total. The summed E-state index contributed by atoms with van der Waals surface area (Å²) in [6.45, 7) is 3.90. The first-order chi connectivity index (χ1) is 9.74. The van der Waals surface area contributed by atoms with Gasteiger partial charge in [0.15, 0.2) is 0 Å². The molecule has 1 aromatic carbocycles. The fraction of sp³-hybridized carbons (Fsp3) is 0.533. The van der Waals surface area contributed by atoms with Crippen molar-refractivity contribution < 1.29 is 23.1 Å². The monoisotopic (exact) mass is 303 g/mol. The Morgan fingerprint density at radius 3 is 2.62 bits per heavy atom. The smallest absolute Gasteiger partial charge is 0.391 e. The lowest BCUT2D eigenvalue weighted by molar-refractivity contribution is -0.137. The number of hydrogen-bond acceptors (Lipinski definition) is 2. The predicted octanol–water partition coefficient (Wildman–Crippen LogP) is 2.77. The minimum absolute atomic E-state index is 0.0545. The first-order valence-electron chi connectivity index (χ1n) is 6.85. The van der Waals surface area contributed by atoms with Crippen LogP contribution in [0.3, 0.4) is 0 Å². The second-order valence-corrected chi connectivity index (χ2v) is 5.13. The van der Waals surface area contributed by atoms with Gasteiger partial charge in [0.25, 0.3) is 0 Å². The van der Waals surface area contributed by atoms with Gasteiger partial charge < -0.3 is 10.4 Å². The van der Waals surface area contributed by atoms with Crippen LogP contribution in [0.15, 0.2) is 24.3 Å². The average molecular weight is 303 g/mol. The highest BCUT2D eigenvalue weighted by atomic mass is 19.4. The number of benzene rings is 1. The third kappa shape index (κ3) is 5.75. The van der Waals surface area contributed by atoms with Gasteiger partial charge in [-0.15, -0.1) is 0 Å². The molecule has 0 bridgehead atoms. The van der Waals surface area contributed by atoms with Gasteiger partial charge in [0.1, 0.15) is 0 Å². The zero-order chi connectivity index (χ0) is 16.0. The molecule has 2 atom stereocenters. The molecule has 1 aromatic rings. The first-order valence-corrected chi connectivity index (χ1v) is 6.85. The zero-order valence-electron chi connectivity index (χ0n) is 12.1. The van der Waals surface area contributed by atoms with Crippen LogP contribution in [0.5, 0.6) is 0 Å². The van der Waals surface area contributed by atoms with Gasteiger partial charge in [-0.2, -0.15) is 13.2 Å². The standard InChI is InChI=1S/C15H20F3NO2/c1-3-10(2)13(20)9-19-14(21)8-11-5-4-6-12(7-11)15(16,17)18/h4-7,10,13,20H,3,8-9H2,1-2H3,(H,19,21). The Morgan fingerprint density at radius 2 is 2.05 bits per heavy atom. The van der Waals surface area contributed by atoms with Crippen LogP contribution in [-0.4, -0.2) is 23.7 Å². The van der Waals surface area contributed by atoms with Gasteiger partial charge in [-0.05, 0) is 17.5 Å². The molecule has 118 valence electrons. The van der Waals surface area contributed by atoms with Crippen LogP contribution in [0.2, 0.25) is 0 Å². The highest BCUT2D eigenvalue weighted by molar-refractivity contribution is 5.78. The Hall–Kier alpha value is -1.56. The number of amides is 1. The lowest BCUT2D eigenvalue weighted by Gasteiger charge is -2.17. The molecule has 0 saturated carbocycles. The summed E-state index contributed by atoms with van der Waals surface area (Å²) < 4.78 is 37.7. The average Bonchev–Trinajstić information content (AvgIpc) is 2.43.